The molecule has 94 valence electrons. The summed E-state index contributed by atoms with van der Waals surface area (Å²) in [7, 11) is 0. The van der Waals surface area contributed by atoms with Crippen LogP contribution in [0.2, 0.25) is 5.02 Å². The highest BCUT2D eigenvalue weighted by atomic mass is 35.5. The topological polar surface area (TPSA) is 38.9 Å². The van der Waals surface area contributed by atoms with Gasteiger partial charge in [0, 0.05) is 11.4 Å². The normalized spacial score (nSPS) is 17.4. The molecule has 0 aliphatic heterocycles. The third-order valence-corrected chi connectivity index (χ3v) is 4.05. The lowest BCUT2D eigenvalue weighted by atomic mass is 9.64. The van der Waals surface area contributed by atoms with Gasteiger partial charge in [-0.25, -0.2) is 0 Å². The van der Waals surface area contributed by atoms with Gasteiger partial charge < -0.3 is 4.52 Å². The summed E-state index contributed by atoms with van der Waals surface area (Å²) in [5, 5.41) is 4.92. The second-order valence-corrected chi connectivity index (χ2v) is 5.24. The number of nitrogens with zero attached hydrogens (tertiary/aromatic N) is 2. The van der Waals surface area contributed by atoms with Gasteiger partial charge in [-0.15, -0.1) is 0 Å². The third kappa shape index (κ3) is 1.74. The molecule has 0 radical (unpaired) electrons. The number of halogens is 1. The molecule has 1 aromatic heterocycles. The van der Waals surface area contributed by atoms with E-state index in [0.29, 0.717) is 5.89 Å². The fraction of sp³-hybridized carbons (Fsp3) is 0.429. The summed E-state index contributed by atoms with van der Waals surface area (Å²) >= 11 is 5.95. The molecule has 2 aromatic rings. The average molecular weight is 263 g/mol. The molecule has 3 rings (SSSR count). The van der Waals surface area contributed by atoms with Gasteiger partial charge in [0.1, 0.15) is 0 Å². The van der Waals surface area contributed by atoms with Crippen molar-refractivity contribution in [3.63, 3.8) is 0 Å². The Bertz CT molecular complexity index is 543. The summed E-state index contributed by atoms with van der Waals surface area (Å²) in [5.41, 5.74) is 1.18. The van der Waals surface area contributed by atoms with Crippen LogP contribution in [0.3, 0.4) is 0 Å². The smallest absolute Gasteiger partial charge is 0.226 e. The van der Waals surface area contributed by atoms with Crippen molar-refractivity contribution in [1.82, 2.24) is 10.1 Å². The van der Waals surface area contributed by atoms with E-state index in [-0.39, 0.29) is 5.41 Å². The quantitative estimate of drug-likeness (QED) is 0.846. The van der Waals surface area contributed by atoms with Gasteiger partial charge in [-0.3, -0.25) is 0 Å². The Morgan fingerprint density at radius 3 is 2.50 bits per heavy atom. The van der Waals surface area contributed by atoms with Gasteiger partial charge in [-0.1, -0.05) is 42.2 Å². The van der Waals surface area contributed by atoms with E-state index in [1.807, 2.05) is 19.1 Å². The van der Waals surface area contributed by atoms with Crippen molar-refractivity contribution >= 4 is 11.6 Å². The van der Waals surface area contributed by atoms with Crippen LogP contribution >= 0.6 is 11.6 Å². The highest BCUT2D eigenvalue weighted by Gasteiger charge is 2.44. The molecule has 0 N–H and O–H groups in total. The van der Waals surface area contributed by atoms with Gasteiger partial charge in [0.05, 0.1) is 5.41 Å². The molecule has 1 aliphatic carbocycles. The standard InChI is InChI=1S/C14H15ClN2O/c1-2-12-16-13(17-18-12)14(8-3-9-14)10-4-6-11(15)7-5-10/h4-7H,2-3,8-9H2,1H3. The second kappa shape index (κ2) is 4.39. The second-order valence-electron chi connectivity index (χ2n) is 4.81. The highest BCUT2D eigenvalue weighted by molar-refractivity contribution is 6.30. The third-order valence-electron chi connectivity index (χ3n) is 3.80. The van der Waals surface area contributed by atoms with Gasteiger partial charge in [-0.05, 0) is 30.5 Å². The molecular weight excluding hydrogens is 248 g/mol. The van der Waals surface area contributed by atoms with Crippen molar-refractivity contribution in [3.8, 4) is 0 Å². The molecule has 1 fully saturated rings. The Balaban J connectivity index is 2.01. The van der Waals surface area contributed by atoms with Crippen molar-refractivity contribution in [2.45, 2.75) is 38.0 Å². The maximum atomic E-state index is 5.95. The van der Waals surface area contributed by atoms with Crippen LogP contribution in [0.4, 0.5) is 0 Å². The minimum absolute atomic E-state index is 0.0541. The minimum atomic E-state index is -0.0541. The molecule has 1 aliphatic rings. The van der Waals surface area contributed by atoms with Gasteiger partial charge in [0.2, 0.25) is 5.89 Å². The van der Waals surface area contributed by atoms with E-state index in [9.17, 15) is 0 Å². The lowest BCUT2D eigenvalue weighted by Gasteiger charge is -2.39. The first-order valence-corrected chi connectivity index (χ1v) is 6.71. The SMILES string of the molecule is CCc1nc(C2(c3ccc(Cl)cc3)CCC2)no1. The van der Waals surface area contributed by atoms with E-state index in [1.165, 1.54) is 12.0 Å². The number of benzene rings is 1. The molecule has 1 heterocycles. The van der Waals surface area contributed by atoms with Gasteiger partial charge in [0.15, 0.2) is 5.82 Å². The number of aryl methyl sites for hydroxylation is 1. The molecule has 0 spiro atoms. The molecule has 3 nitrogen and oxygen atoms in total. The fourth-order valence-corrected chi connectivity index (χ4v) is 2.66. The van der Waals surface area contributed by atoms with E-state index in [2.05, 4.69) is 22.3 Å². The first-order chi connectivity index (χ1) is 8.74. The molecule has 18 heavy (non-hydrogen) atoms. The van der Waals surface area contributed by atoms with Crippen molar-refractivity contribution in [2.24, 2.45) is 0 Å². The number of rotatable bonds is 3. The summed E-state index contributed by atoms with van der Waals surface area (Å²) in [4.78, 5) is 4.51. The van der Waals surface area contributed by atoms with E-state index in [4.69, 9.17) is 16.1 Å². The summed E-state index contributed by atoms with van der Waals surface area (Å²) in [5.74, 6) is 1.54. The minimum Gasteiger partial charge on any atom is -0.339 e. The van der Waals surface area contributed by atoms with E-state index in [0.717, 1.165) is 30.1 Å². The van der Waals surface area contributed by atoms with E-state index < -0.39 is 0 Å². The first-order valence-electron chi connectivity index (χ1n) is 6.34. The molecule has 0 atom stereocenters. The van der Waals surface area contributed by atoms with E-state index in [1.54, 1.807) is 0 Å². The molecule has 1 saturated carbocycles. The highest BCUT2D eigenvalue weighted by Crippen LogP contribution is 2.47. The average Bonchev–Trinajstić information content (AvgIpc) is 2.79. The van der Waals surface area contributed by atoms with Crippen LogP contribution in [0.25, 0.3) is 0 Å². The van der Waals surface area contributed by atoms with Crippen LogP contribution in [-0.2, 0) is 11.8 Å². The van der Waals surface area contributed by atoms with Crippen LogP contribution < -0.4 is 0 Å². The van der Waals surface area contributed by atoms with Crippen molar-refractivity contribution in [2.75, 3.05) is 0 Å². The number of hydrogen-bond acceptors (Lipinski definition) is 3. The van der Waals surface area contributed by atoms with Gasteiger partial charge >= 0.3 is 0 Å². The van der Waals surface area contributed by atoms with Crippen LogP contribution in [0.5, 0.6) is 0 Å². The van der Waals surface area contributed by atoms with Crippen molar-refractivity contribution in [1.29, 1.82) is 0 Å². The molecule has 0 bridgehead atoms. The maximum absolute atomic E-state index is 5.95. The summed E-state index contributed by atoms with van der Waals surface area (Å²) in [6, 6.07) is 8.00. The predicted molar refractivity (Wildman–Crippen MR) is 69.8 cm³/mol. The summed E-state index contributed by atoms with van der Waals surface area (Å²) in [6.45, 7) is 2.02. The lowest BCUT2D eigenvalue weighted by molar-refractivity contribution is 0.271. The molecule has 0 unspecified atom stereocenters. The van der Waals surface area contributed by atoms with Crippen LogP contribution in [0, 0.1) is 0 Å². The molecule has 0 saturated heterocycles. The lowest BCUT2D eigenvalue weighted by Crippen LogP contribution is -2.36. The van der Waals surface area contributed by atoms with Crippen LogP contribution in [-0.4, -0.2) is 10.1 Å². The molecule has 1 aromatic carbocycles. The zero-order valence-electron chi connectivity index (χ0n) is 10.3. The van der Waals surface area contributed by atoms with Crippen LogP contribution in [0.15, 0.2) is 28.8 Å². The summed E-state index contributed by atoms with van der Waals surface area (Å²) < 4.78 is 5.25. The molecule has 4 heteroatoms. The number of hydrogen-bond donors (Lipinski definition) is 0. The fourth-order valence-electron chi connectivity index (χ4n) is 2.53. The van der Waals surface area contributed by atoms with Gasteiger partial charge in [-0.2, -0.15) is 4.98 Å². The first kappa shape index (κ1) is 11.7. The molecule has 0 amide bonds. The van der Waals surface area contributed by atoms with Crippen LogP contribution in [0.1, 0.15) is 43.5 Å². The maximum Gasteiger partial charge on any atom is 0.226 e. The Morgan fingerprint density at radius 2 is 2.00 bits per heavy atom. The Hall–Kier alpha value is -1.35. The van der Waals surface area contributed by atoms with Crippen molar-refractivity contribution < 1.29 is 4.52 Å². The predicted octanol–water partition coefficient (Wildman–Crippen LogP) is 3.76. The monoisotopic (exact) mass is 262 g/mol. The Morgan fingerprint density at radius 1 is 1.28 bits per heavy atom. The van der Waals surface area contributed by atoms with Gasteiger partial charge in [0.25, 0.3) is 0 Å². The molecular formula is C14H15ClN2O. The Labute approximate surface area is 111 Å². The zero-order valence-corrected chi connectivity index (χ0v) is 11.1. The zero-order chi connectivity index (χ0) is 12.6. The Kier molecular flexibility index (Phi) is 2.86. The van der Waals surface area contributed by atoms with Crippen molar-refractivity contribution in [3.05, 3.63) is 46.6 Å². The largest absolute Gasteiger partial charge is 0.339 e. The summed E-state index contributed by atoms with van der Waals surface area (Å²) in [6.07, 6.45) is 4.15. The van der Waals surface area contributed by atoms with E-state index >= 15 is 0 Å². The number of aromatic nitrogens is 2.